The maximum atomic E-state index is 10.8. The third kappa shape index (κ3) is 11.7. The van der Waals surface area contributed by atoms with Crippen LogP contribution in [0, 0.1) is 5.92 Å². The van der Waals surface area contributed by atoms with Crippen molar-refractivity contribution in [1.29, 1.82) is 0 Å². The van der Waals surface area contributed by atoms with Gasteiger partial charge in [-0.25, -0.2) is 4.79 Å². The number of carboxylic acid groups (broad SMARTS) is 1. The zero-order chi connectivity index (χ0) is 14.7. The van der Waals surface area contributed by atoms with Gasteiger partial charge in [-0.15, -0.1) is 0 Å². The topological polar surface area (TPSA) is 78.4 Å². The van der Waals surface area contributed by atoms with Gasteiger partial charge in [0.25, 0.3) is 0 Å². The number of rotatable bonds is 11. The van der Waals surface area contributed by atoms with Crippen LogP contribution in [0.25, 0.3) is 0 Å². The second kappa shape index (κ2) is 10.8. The molecule has 0 aliphatic carbocycles. The molecule has 19 heavy (non-hydrogen) atoms. The Morgan fingerprint density at radius 3 is 2.26 bits per heavy atom. The Labute approximate surface area is 116 Å². The molecule has 0 aromatic heterocycles. The van der Waals surface area contributed by atoms with Crippen LogP contribution in [0.5, 0.6) is 0 Å². The maximum absolute atomic E-state index is 10.8. The molecule has 112 valence electrons. The van der Waals surface area contributed by atoms with E-state index in [4.69, 9.17) is 5.11 Å². The molecule has 1 amide bonds. The predicted octanol–water partition coefficient (Wildman–Crippen LogP) is 1.77. The Morgan fingerprint density at radius 1 is 1.11 bits per heavy atom. The summed E-state index contributed by atoms with van der Waals surface area (Å²) in [4.78, 5) is 21.7. The van der Waals surface area contributed by atoms with Crippen LogP contribution in [0.1, 0.15) is 52.9 Å². The summed E-state index contributed by atoms with van der Waals surface area (Å²) in [6, 6.07) is -0.835. The monoisotopic (exact) mass is 272 g/mol. The first kappa shape index (κ1) is 17.9. The van der Waals surface area contributed by atoms with Gasteiger partial charge in [0.2, 0.25) is 5.91 Å². The van der Waals surface area contributed by atoms with Gasteiger partial charge < -0.3 is 15.7 Å². The molecule has 0 aliphatic heterocycles. The highest BCUT2D eigenvalue weighted by atomic mass is 16.4. The summed E-state index contributed by atoms with van der Waals surface area (Å²) in [5.74, 6) is -0.547. The van der Waals surface area contributed by atoms with Crippen LogP contribution in [0.2, 0.25) is 0 Å². The quantitative estimate of drug-likeness (QED) is 0.501. The first-order valence-electron chi connectivity index (χ1n) is 7.14. The number of aliphatic carboxylic acids is 1. The molecule has 0 rings (SSSR count). The molecule has 0 saturated heterocycles. The average molecular weight is 272 g/mol. The van der Waals surface area contributed by atoms with Crippen LogP contribution in [0.15, 0.2) is 0 Å². The van der Waals surface area contributed by atoms with Crippen molar-refractivity contribution in [2.75, 3.05) is 13.1 Å². The Balaban J connectivity index is 3.50. The summed E-state index contributed by atoms with van der Waals surface area (Å²) in [5.41, 5.74) is 0. The first-order valence-corrected chi connectivity index (χ1v) is 7.14. The second-order valence-electron chi connectivity index (χ2n) is 5.39. The van der Waals surface area contributed by atoms with Crippen molar-refractivity contribution in [3.8, 4) is 0 Å². The van der Waals surface area contributed by atoms with Crippen LogP contribution in [-0.4, -0.2) is 36.1 Å². The minimum absolute atomic E-state index is 0.279. The first-order chi connectivity index (χ1) is 8.93. The van der Waals surface area contributed by atoms with Crippen molar-refractivity contribution in [2.45, 2.75) is 58.9 Å². The molecule has 5 nitrogen and oxygen atoms in total. The zero-order valence-corrected chi connectivity index (χ0v) is 12.4. The Kier molecular flexibility index (Phi) is 10.2. The largest absolute Gasteiger partial charge is 0.480 e. The lowest BCUT2D eigenvalue weighted by Crippen LogP contribution is -2.46. The van der Waals surface area contributed by atoms with Gasteiger partial charge in [-0.05, 0) is 18.9 Å². The molecule has 0 spiro atoms. The number of nitrogens with one attached hydrogen (secondary N) is 2. The van der Waals surface area contributed by atoms with Crippen LogP contribution in [0.4, 0.5) is 0 Å². The average Bonchev–Trinajstić information content (AvgIpc) is 2.29. The number of carbonyl (C=O) groups excluding carboxylic acids is 1. The van der Waals surface area contributed by atoms with E-state index < -0.39 is 12.0 Å². The van der Waals surface area contributed by atoms with E-state index in [0.717, 1.165) is 25.3 Å². The highest BCUT2D eigenvalue weighted by Gasteiger charge is 2.17. The third-order valence-electron chi connectivity index (χ3n) is 2.91. The molecule has 0 heterocycles. The molecular formula is C14H28N2O3. The Bertz CT molecular complexity index is 267. The summed E-state index contributed by atoms with van der Waals surface area (Å²) in [6.45, 7) is 6.86. The summed E-state index contributed by atoms with van der Waals surface area (Å²) in [7, 11) is 0. The molecule has 0 fully saturated rings. The lowest BCUT2D eigenvalue weighted by atomic mass is 10.0. The lowest BCUT2D eigenvalue weighted by Gasteiger charge is -2.14. The number of hydrogen-bond donors (Lipinski definition) is 3. The van der Waals surface area contributed by atoms with E-state index in [2.05, 4.69) is 24.5 Å². The minimum atomic E-state index is -1.00. The molecular weight excluding hydrogens is 244 g/mol. The van der Waals surface area contributed by atoms with E-state index >= 15 is 0 Å². The van der Waals surface area contributed by atoms with Crippen molar-refractivity contribution in [3.05, 3.63) is 0 Å². The molecule has 3 N–H and O–H groups in total. The number of hydrogen-bond acceptors (Lipinski definition) is 3. The number of amides is 1. The molecule has 0 radical (unpaired) electrons. The third-order valence-corrected chi connectivity index (χ3v) is 2.91. The predicted molar refractivity (Wildman–Crippen MR) is 76.0 cm³/mol. The standard InChI is InChI=1S/C14H28N2O3/c1-11(2)8-6-4-5-7-9-15-10-13(14(18)19)16-12(3)17/h11,13,15H,4-10H2,1-3H3,(H,16,17)(H,18,19). The van der Waals surface area contributed by atoms with E-state index in [-0.39, 0.29) is 12.5 Å². The van der Waals surface area contributed by atoms with Gasteiger partial charge in [0.1, 0.15) is 6.04 Å². The molecule has 5 heteroatoms. The molecule has 0 saturated carbocycles. The smallest absolute Gasteiger partial charge is 0.327 e. The van der Waals surface area contributed by atoms with Crippen molar-refractivity contribution in [1.82, 2.24) is 10.6 Å². The molecule has 1 atom stereocenters. The fourth-order valence-corrected chi connectivity index (χ4v) is 1.85. The van der Waals surface area contributed by atoms with Crippen molar-refractivity contribution >= 4 is 11.9 Å². The Hall–Kier alpha value is -1.10. The molecule has 0 aromatic carbocycles. The van der Waals surface area contributed by atoms with E-state index in [1.54, 1.807) is 0 Å². The van der Waals surface area contributed by atoms with Crippen LogP contribution in [0.3, 0.4) is 0 Å². The van der Waals surface area contributed by atoms with E-state index in [1.807, 2.05) is 0 Å². The fourth-order valence-electron chi connectivity index (χ4n) is 1.85. The number of carbonyl (C=O) groups is 2. The van der Waals surface area contributed by atoms with E-state index in [9.17, 15) is 9.59 Å². The lowest BCUT2D eigenvalue weighted by molar-refractivity contribution is -0.141. The SMILES string of the molecule is CC(=O)NC(CNCCCCCCC(C)C)C(=O)O. The fraction of sp³-hybridized carbons (Fsp3) is 0.857. The highest BCUT2D eigenvalue weighted by molar-refractivity contribution is 5.82. The zero-order valence-electron chi connectivity index (χ0n) is 12.4. The summed E-state index contributed by atoms with van der Waals surface area (Å²) in [6.07, 6.45) is 5.98. The molecule has 0 aromatic rings. The molecule has 1 unspecified atom stereocenters. The maximum Gasteiger partial charge on any atom is 0.327 e. The molecule has 0 aliphatic rings. The van der Waals surface area contributed by atoms with E-state index in [0.29, 0.717) is 0 Å². The highest BCUT2D eigenvalue weighted by Crippen LogP contribution is 2.08. The van der Waals surface area contributed by atoms with Crippen LogP contribution >= 0.6 is 0 Å². The molecule has 0 bridgehead atoms. The summed E-state index contributed by atoms with van der Waals surface area (Å²) < 4.78 is 0. The van der Waals surface area contributed by atoms with Crippen molar-refractivity contribution < 1.29 is 14.7 Å². The van der Waals surface area contributed by atoms with Gasteiger partial charge >= 0.3 is 5.97 Å². The second-order valence-corrected chi connectivity index (χ2v) is 5.39. The van der Waals surface area contributed by atoms with Gasteiger partial charge in [0.05, 0.1) is 0 Å². The number of unbranched alkanes of at least 4 members (excludes halogenated alkanes) is 3. The van der Waals surface area contributed by atoms with Gasteiger partial charge in [-0.3, -0.25) is 4.79 Å². The van der Waals surface area contributed by atoms with Crippen LogP contribution in [-0.2, 0) is 9.59 Å². The van der Waals surface area contributed by atoms with Crippen molar-refractivity contribution in [2.24, 2.45) is 5.92 Å². The summed E-state index contributed by atoms with van der Waals surface area (Å²) >= 11 is 0. The van der Waals surface area contributed by atoms with Crippen molar-refractivity contribution in [3.63, 3.8) is 0 Å². The number of carboxylic acids is 1. The van der Waals surface area contributed by atoms with Gasteiger partial charge in [0.15, 0.2) is 0 Å². The van der Waals surface area contributed by atoms with Gasteiger partial charge in [0, 0.05) is 13.5 Å². The Morgan fingerprint density at radius 2 is 1.74 bits per heavy atom. The van der Waals surface area contributed by atoms with E-state index in [1.165, 1.54) is 26.2 Å². The van der Waals surface area contributed by atoms with Gasteiger partial charge in [-0.2, -0.15) is 0 Å². The van der Waals surface area contributed by atoms with Crippen LogP contribution < -0.4 is 10.6 Å². The normalized spacial score (nSPS) is 12.4. The van der Waals surface area contributed by atoms with Gasteiger partial charge in [-0.1, -0.05) is 39.5 Å². The summed E-state index contributed by atoms with van der Waals surface area (Å²) in [5, 5.41) is 14.4. The minimum Gasteiger partial charge on any atom is -0.480 e.